The fourth-order valence-corrected chi connectivity index (χ4v) is 2.84. The van der Waals surface area contributed by atoms with Gasteiger partial charge in [0.1, 0.15) is 5.75 Å². The summed E-state index contributed by atoms with van der Waals surface area (Å²) < 4.78 is 6.37. The maximum atomic E-state index is 11.9. The number of anilines is 1. The first kappa shape index (κ1) is 18.4. The maximum absolute atomic E-state index is 11.9. The molecule has 0 heterocycles. The Morgan fingerprint density at radius 2 is 1.71 bits per heavy atom. The molecule has 0 aliphatic heterocycles. The average Bonchev–Trinajstić information content (AvgIpc) is 2.50. The van der Waals surface area contributed by atoms with Crippen molar-refractivity contribution in [1.29, 1.82) is 0 Å². The Balaban J connectivity index is 1.88. The Morgan fingerprint density at radius 1 is 1.12 bits per heavy atom. The molecule has 0 aromatic heterocycles. The number of nitrogens with one attached hydrogen (secondary N) is 2. The molecule has 24 heavy (non-hydrogen) atoms. The standard InChI is InChI=1S/C18H19BrN2O2S/c1-11-8-12(2)17(13(3)9-11)21-18(24)20-16(22)10-23-15-6-4-14(19)5-7-15/h4-9H,10H2,1-3H3,(H2,20,21,22,24). The maximum Gasteiger partial charge on any atom is 0.264 e. The van der Waals surface area contributed by atoms with Crippen molar-refractivity contribution in [3.05, 3.63) is 57.6 Å². The lowest BCUT2D eigenvalue weighted by atomic mass is 10.1. The molecule has 0 aliphatic carbocycles. The predicted molar refractivity (Wildman–Crippen MR) is 105 cm³/mol. The summed E-state index contributed by atoms with van der Waals surface area (Å²) in [7, 11) is 0. The second kappa shape index (κ2) is 8.26. The van der Waals surface area contributed by atoms with E-state index in [-0.39, 0.29) is 17.6 Å². The molecule has 0 radical (unpaired) electrons. The highest BCUT2D eigenvalue weighted by Gasteiger charge is 2.09. The van der Waals surface area contributed by atoms with Gasteiger partial charge in [0.15, 0.2) is 11.7 Å². The zero-order chi connectivity index (χ0) is 17.7. The van der Waals surface area contributed by atoms with Gasteiger partial charge in [0.2, 0.25) is 0 Å². The SMILES string of the molecule is Cc1cc(C)c(NC(=S)NC(=O)COc2ccc(Br)cc2)c(C)c1. The van der Waals surface area contributed by atoms with Crippen molar-refractivity contribution in [2.24, 2.45) is 0 Å². The lowest BCUT2D eigenvalue weighted by molar-refractivity contribution is -0.121. The van der Waals surface area contributed by atoms with Gasteiger partial charge in [-0.3, -0.25) is 10.1 Å². The summed E-state index contributed by atoms with van der Waals surface area (Å²) in [4.78, 5) is 11.9. The molecular weight excluding hydrogens is 388 g/mol. The molecule has 0 atom stereocenters. The number of ether oxygens (including phenoxy) is 1. The highest BCUT2D eigenvalue weighted by Crippen LogP contribution is 2.21. The van der Waals surface area contributed by atoms with Crippen molar-refractivity contribution < 1.29 is 9.53 Å². The first-order chi connectivity index (χ1) is 11.3. The van der Waals surface area contributed by atoms with Crippen LogP contribution in [0.3, 0.4) is 0 Å². The molecule has 2 N–H and O–H groups in total. The average molecular weight is 407 g/mol. The van der Waals surface area contributed by atoms with Gasteiger partial charge in [0, 0.05) is 10.2 Å². The second-order valence-corrected chi connectivity index (χ2v) is 6.84. The first-order valence-electron chi connectivity index (χ1n) is 7.42. The van der Waals surface area contributed by atoms with Gasteiger partial charge in [-0.1, -0.05) is 33.6 Å². The molecule has 0 spiro atoms. The van der Waals surface area contributed by atoms with Crippen LogP contribution >= 0.6 is 28.1 Å². The molecule has 126 valence electrons. The fraction of sp³-hybridized carbons (Fsp3) is 0.222. The summed E-state index contributed by atoms with van der Waals surface area (Å²) in [6.45, 7) is 5.95. The topological polar surface area (TPSA) is 50.4 Å². The van der Waals surface area contributed by atoms with Crippen molar-refractivity contribution in [3.8, 4) is 5.75 Å². The number of aryl methyl sites for hydroxylation is 3. The number of carbonyl (C=O) groups excluding carboxylic acids is 1. The van der Waals surface area contributed by atoms with Crippen molar-refractivity contribution in [1.82, 2.24) is 5.32 Å². The van der Waals surface area contributed by atoms with E-state index in [1.807, 2.05) is 32.9 Å². The van der Waals surface area contributed by atoms with E-state index in [0.717, 1.165) is 21.3 Å². The fourth-order valence-electron chi connectivity index (χ4n) is 2.36. The normalized spacial score (nSPS) is 10.2. The molecule has 2 aromatic rings. The van der Waals surface area contributed by atoms with Crippen LogP contribution in [0.4, 0.5) is 5.69 Å². The van der Waals surface area contributed by atoms with Crippen LogP contribution in [0, 0.1) is 20.8 Å². The van der Waals surface area contributed by atoms with E-state index in [2.05, 4.69) is 38.7 Å². The molecule has 4 nitrogen and oxygen atoms in total. The Kier molecular flexibility index (Phi) is 6.34. The van der Waals surface area contributed by atoms with Crippen LogP contribution in [0.2, 0.25) is 0 Å². The Hall–Kier alpha value is -1.92. The lowest BCUT2D eigenvalue weighted by Gasteiger charge is -2.15. The summed E-state index contributed by atoms with van der Waals surface area (Å²) >= 11 is 8.55. The molecule has 2 rings (SSSR count). The summed E-state index contributed by atoms with van der Waals surface area (Å²) in [5.41, 5.74) is 4.26. The van der Waals surface area contributed by atoms with Gasteiger partial charge in [-0.05, 0) is 68.4 Å². The monoisotopic (exact) mass is 406 g/mol. The van der Waals surface area contributed by atoms with Gasteiger partial charge in [0.05, 0.1) is 0 Å². The zero-order valence-electron chi connectivity index (χ0n) is 13.8. The summed E-state index contributed by atoms with van der Waals surface area (Å²) in [6.07, 6.45) is 0. The van der Waals surface area contributed by atoms with E-state index >= 15 is 0 Å². The van der Waals surface area contributed by atoms with E-state index in [1.54, 1.807) is 12.1 Å². The minimum atomic E-state index is -0.308. The van der Waals surface area contributed by atoms with Crippen LogP contribution in [0.15, 0.2) is 40.9 Å². The third-order valence-electron chi connectivity index (χ3n) is 3.35. The van der Waals surface area contributed by atoms with Crippen LogP contribution < -0.4 is 15.4 Å². The number of carbonyl (C=O) groups is 1. The number of hydrogen-bond acceptors (Lipinski definition) is 3. The number of thiocarbonyl (C=S) groups is 1. The van der Waals surface area contributed by atoms with E-state index in [1.165, 1.54) is 5.56 Å². The van der Waals surface area contributed by atoms with Crippen LogP contribution in [0.1, 0.15) is 16.7 Å². The molecule has 0 bridgehead atoms. The van der Waals surface area contributed by atoms with Crippen molar-refractivity contribution in [2.45, 2.75) is 20.8 Å². The van der Waals surface area contributed by atoms with Gasteiger partial charge < -0.3 is 10.1 Å². The Labute approximate surface area is 155 Å². The number of amides is 1. The van der Waals surface area contributed by atoms with Crippen molar-refractivity contribution in [3.63, 3.8) is 0 Å². The molecule has 0 fully saturated rings. The van der Waals surface area contributed by atoms with Gasteiger partial charge in [-0.15, -0.1) is 0 Å². The number of rotatable bonds is 4. The zero-order valence-corrected chi connectivity index (χ0v) is 16.2. The molecule has 6 heteroatoms. The van der Waals surface area contributed by atoms with Crippen LogP contribution in [0.25, 0.3) is 0 Å². The second-order valence-electron chi connectivity index (χ2n) is 5.52. The highest BCUT2D eigenvalue weighted by molar-refractivity contribution is 9.10. The first-order valence-corrected chi connectivity index (χ1v) is 8.62. The van der Waals surface area contributed by atoms with Gasteiger partial charge >= 0.3 is 0 Å². The Morgan fingerprint density at radius 3 is 2.29 bits per heavy atom. The van der Waals surface area contributed by atoms with Crippen molar-refractivity contribution >= 4 is 44.9 Å². The minimum absolute atomic E-state index is 0.102. The quantitative estimate of drug-likeness (QED) is 0.744. The molecular formula is C18H19BrN2O2S. The lowest BCUT2D eigenvalue weighted by Crippen LogP contribution is -2.37. The third kappa shape index (κ3) is 5.32. The van der Waals surface area contributed by atoms with E-state index in [9.17, 15) is 4.79 Å². The largest absolute Gasteiger partial charge is 0.484 e. The van der Waals surface area contributed by atoms with E-state index < -0.39 is 0 Å². The number of hydrogen-bond donors (Lipinski definition) is 2. The van der Waals surface area contributed by atoms with E-state index in [4.69, 9.17) is 17.0 Å². The molecule has 2 aromatic carbocycles. The molecule has 0 aliphatic rings. The van der Waals surface area contributed by atoms with Gasteiger partial charge in [-0.25, -0.2) is 0 Å². The smallest absolute Gasteiger partial charge is 0.264 e. The molecule has 0 unspecified atom stereocenters. The van der Waals surface area contributed by atoms with Gasteiger partial charge in [0.25, 0.3) is 5.91 Å². The number of halogens is 1. The van der Waals surface area contributed by atoms with Crippen LogP contribution in [-0.4, -0.2) is 17.6 Å². The summed E-state index contributed by atoms with van der Waals surface area (Å²) in [6, 6.07) is 11.4. The van der Waals surface area contributed by atoms with Crippen LogP contribution in [-0.2, 0) is 4.79 Å². The van der Waals surface area contributed by atoms with Crippen LogP contribution in [0.5, 0.6) is 5.75 Å². The van der Waals surface area contributed by atoms with Gasteiger partial charge in [-0.2, -0.15) is 0 Å². The highest BCUT2D eigenvalue weighted by atomic mass is 79.9. The van der Waals surface area contributed by atoms with Crippen molar-refractivity contribution in [2.75, 3.05) is 11.9 Å². The predicted octanol–water partition coefficient (Wildman–Crippen LogP) is 4.27. The summed E-state index contributed by atoms with van der Waals surface area (Å²) in [5.74, 6) is 0.315. The molecule has 1 amide bonds. The molecule has 0 saturated carbocycles. The third-order valence-corrected chi connectivity index (χ3v) is 4.08. The number of benzene rings is 2. The minimum Gasteiger partial charge on any atom is -0.484 e. The van der Waals surface area contributed by atoms with E-state index in [0.29, 0.717) is 5.75 Å². The summed E-state index contributed by atoms with van der Waals surface area (Å²) in [5, 5.41) is 5.96. The Bertz CT molecular complexity index is 737. The molecule has 0 saturated heterocycles.